The lowest BCUT2D eigenvalue weighted by atomic mass is 9.84. The van der Waals surface area contributed by atoms with Gasteiger partial charge >= 0.3 is 0 Å². The Morgan fingerprint density at radius 2 is 1.88 bits per heavy atom. The van der Waals surface area contributed by atoms with Gasteiger partial charge in [0.2, 0.25) is 5.91 Å². The highest BCUT2D eigenvalue weighted by Gasteiger charge is 2.33. The Balaban J connectivity index is 1.88. The summed E-state index contributed by atoms with van der Waals surface area (Å²) in [5.41, 5.74) is 3.83. The van der Waals surface area contributed by atoms with Crippen LogP contribution in [0.5, 0.6) is 11.5 Å². The Morgan fingerprint density at radius 3 is 2.62 bits per heavy atom. The number of hydrogen-bond donors (Lipinski definition) is 2. The molecule has 1 atom stereocenters. The molecule has 1 unspecified atom stereocenters. The minimum absolute atomic E-state index is 0.0634. The normalized spacial score (nSPS) is 15.9. The first-order valence-electron chi connectivity index (χ1n) is 8.36. The van der Waals surface area contributed by atoms with E-state index in [-0.39, 0.29) is 11.8 Å². The first-order valence-corrected chi connectivity index (χ1v) is 8.36. The lowest BCUT2D eigenvalue weighted by molar-refractivity contribution is -0.116. The Hall–Kier alpha value is -3.28. The van der Waals surface area contributed by atoms with Crippen molar-refractivity contribution in [1.82, 2.24) is 10.2 Å². The molecule has 3 aromatic rings. The number of carbonyl (C=O) groups is 1. The zero-order valence-corrected chi connectivity index (χ0v) is 14.6. The van der Waals surface area contributed by atoms with Crippen molar-refractivity contribution in [2.24, 2.45) is 0 Å². The molecule has 0 fully saturated rings. The molecule has 0 spiro atoms. The highest BCUT2D eigenvalue weighted by molar-refractivity contribution is 5.96. The predicted molar refractivity (Wildman–Crippen MR) is 98.7 cm³/mol. The molecule has 0 aliphatic carbocycles. The average molecular weight is 349 g/mol. The molecule has 1 amide bonds. The van der Waals surface area contributed by atoms with E-state index in [0.717, 1.165) is 22.4 Å². The number of ether oxygens (including phenoxy) is 2. The molecule has 6 heteroatoms. The summed E-state index contributed by atoms with van der Waals surface area (Å²) in [6, 6.07) is 15.6. The van der Waals surface area contributed by atoms with Crippen LogP contribution in [-0.4, -0.2) is 30.3 Å². The molecule has 1 aliphatic heterocycles. The van der Waals surface area contributed by atoms with Crippen molar-refractivity contribution < 1.29 is 14.3 Å². The van der Waals surface area contributed by atoms with Crippen LogP contribution in [0.3, 0.4) is 0 Å². The van der Waals surface area contributed by atoms with Crippen LogP contribution in [0.4, 0.5) is 5.82 Å². The third-order valence-corrected chi connectivity index (χ3v) is 4.68. The summed E-state index contributed by atoms with van der Waals surface area (Å²) in [5, 5.41) is 10.3. The second-order valence-corrected chi connectivity index (χ2v) is 6.14. The van der Waals surface area contributed by atoms with Crippen LogP contribution >= 0.6 is 0 Å². The van der Waals surface area contributed by atoms with E-state index in [1.165, 1.54) is 0 Å². The highest BCUT2D eigenvalue weighted by atomic mass is 16.5. The van der Waals surface area contributed by atoms with Crippen molar-refractivity contribution in [3.8, 4) is 22.8 Å². The second-order valence-electron chi connectivity index (χ2n) is 6.14. The number of fused-ring (bicyclic) bond motifs is 1. The van der Waals surface area contributed by atoms with Crippen LogP contribution in [0.1, 0.15) is 23.5 Å². The van der Waals surface area contributed by atoms with E-state index in [1.807, 2.05) is 48.5 Å². The second kappa shape index (κ2) is 6.55. The minimum atomic E-state index is -0.159. The zero-order valence-electron chi connectivity index (χ0n) is 14.6. The van der Waals surface area contributed by atoms with Crippen LogP contribution in [-0.2, 0) is 4.79 Å². The average Bonchev–Trinajstić information content (AvgIpc) is 3.11. The summed E-state index contributed by atoms with van der Waals surface area (Å²) in [6.07, 6.45) is 0.328. The summed E-state index contributed by atoms with van der Waals surface area (Å²) in [6.45, 7) is 0. The van der Waals surface area contributed by atoms with Crippen molar-refractivity contribution in [3.05, 3.63) is 59.7 Å². The number of hydrogen-bond acceptors (Lipinski definition) is 4. The van der Waals surface area contributed by atoms with E-state index in [1.54, 1.807) is 14.2 Å². The number of anilines is 1. The number of H-pyrrole nitrogens is 1. The lowest BCUT2D eigenvalue weighted by Crippen LogP contribution is -2.23. The van der Waals surface area contributed by atoms with E-state index in [4.69, 9.17) is 9.47 Å². The number of nitrogens with zero attached hydrogens (tertiary/aromatic N) is 1. The number of aromatic amines is 1. The van der Waals surface area contributed by atoms with Crippen molar-refractivity contribution >= 4 is 11.7 Å². The van der Waals surface area contributed by atoms with E-state index in [9.17, 15) is 4.79 Å². The molecule has 0 radical (unpaired) electrons. The van der Waals surface area contributed by atoms with E-state index < -0.39 is 0 Å². The number of carbonyl (C=O) groups excluding carboxylic acids is 1. The molecule has 0 saturated heterocycles. The van der Waals surface area contributed by atoms with Gasteiger partial charge in [0, 0.05) is 29.5 Å². The monoisotopic (exact) mass is 349 g/mol. The Bertz CT molecular complexity index is 950. The Kier molecular flexibility index (Phi) is 4.08. The summed E-state index contributed by atoms with van der Waals surface area (Å²) in [5.74, 6) is 1.75. The van der Waals surface area contributed by atoms with Crippen LogP contribution in [0, 0.1) is 0 Å². The fourth-order valence-electron chi connectivity index (χ4n) is 3.45. The van der Waals surface area contributed by atoms with Crippen molar-refractivity contribution in [2.75, 3.05) is 19.5 Å². The molecular weight excluding hydrogens is 330 g/mol. The van der Waals surface area contributed by atoms with Crippen molar-refractivity contribution in [1.29, 1.82) is 0 Å². The smallest absolute Gasteiger partial charge is 0.226 e. The van der Waals surface area contributed by atoms with Gasteiger partial charge in [0.1, 0.15) is 11.5 Å². The quantitative estimate of drug-likeness (QED) is 0.755. The van der Waals surface area contributed by atoms with Gasteiger partial charge < -0.3 is 14.8 Å². The van der Waals surface area contributed by atoms with Gasteiger partial charge in [-0.25, -0.2) is 0 Å². The fourth-order valence-corrected chi connectivity index (χ4v) is 3.45. The molecule has 132 valence electrons. The van der Waals surface area contributed by atoms with Gasteiger partial charge in [0.15, 0.2) is 5.82 Å². The Labute approximate surface area is 151 Å². The number of methoxy groups -OCH3 is 2. The number of benzene rings is 2. The van der Waals surface area contributed by atoms with E-state index in [0.29, 0.717) is 23.7 Å². The van der Waals surface area contributed by atoms with Gasteiger partial charge in [-0.3, -0.25) is 9.89 Å². The molecule has 0 saturated carbocycles. The van der Waals surface area contributed by atoms with E-state index in [2.05, 4.69) is 15.5 Å². The molecule has 6 nitrogen and oxygen atoms in total. The highest BCUT2D eigenvalue weighted by Crippen LogP contribution is 2.44. The maximum absolute atomic E-state index is 12.2. The molecule has 2 N–H and O–H groups in total. The van der Waals surface area contributed by atoms with Gasteiger partial charge in [-0.05, 0) is 11.6 Å². The van der Waals surface area contributed by atoms with Crippen LogP contribution in [0.15, 0.2) is 48.5 Å². The summed E-state index contributed by atoms with van der Waals surface area (Å²) < 4.78 is 10.9. The van der Waals surface area contributed by atoms with Crippen molar-refractivity contribution in [2.45, 2.75) is 12.3 Å². The molecule has 2 aromatic carbocycles. The predicted octanol–water partition coefficient (Wildman–Crippen LogP) is 3.57. The van der Waals surface area contributed by atoms with Gasteiger partial charge in [0.05, 0.1) is 19.9 Å². The molecule has 1 aromatic heterocycles. The van der Waals surface area contributed by atoms with Crippen LogP contribution in [0.25, 0.3) is 11.3 Å². The van der Waals surface area contributed by atoms with Gasteiger partial charge in [-0.2, -0.15) is 5.10 Å². The summed E-state index contributed by atoms with van der Waals surface area (Å²) >= 11 is 0. The van der Waals surface area contributed by atoms with Gasteiger partial charge in [-0.1, -0.05) is 36.4 Å². The van der Waals surface area contributed by atoms with Crippen molar-refractivity contribution in [3.63, 3.8) is 0 Å². The fraction of sp³-hybridized carbons (Fsp3) is 0.200. The molecule has 4 rings (SSSR count). The summed E-state index contributed by atoms with van der Waals surface area (Å²) in [7, 11) is 3.24. The lowest BCUT2D eigenvalue weighted by Gasteiger charge is -2.25. The third-order valence-electron chi connectivity index (χ3n) is 4.68. The van der Waals surface area contributed by atoms with Crippen LogP contribution < -0.4 is 14.8 Å². The molecule has 26 heavy (non-hydrogen) atoms. The minimum Gasteiger partial charge on any atom is -0.497 e. The maximum atomic E-state index is 12.2. The topological polar surface area (TPSA) is 76.2 Å². The first kappa shape index (κ1) is 16.2. The van der Waals surface area contributed by atoms with Gasteiger partial charge in [0.25, 0.3) is 0 Å². The number of amides is 1. The van der Waals surface area contributed by atoms with E-state index >= 15 is 0 Å². The number of aromatic nitrogens is 2. The van der Waals surface area contributed by atoms with Gasteiger partial charge in [-0.15, -0.1) is 0 Å². The SMILES string of the molecule is COc1ccc(C2CC(=O)Nc3n[nH]c(-c4ccccc4)c32)c(OC)c1. The largest absolute Gasteiger partial charge is 0.497 e. The Morgan fingerprint density at radius 1 is 1.08 bits per heavy atom. The molecular formula is C20H19N3O3. The third kappa shape index (κ3) is 2.69. The standard InChI is InChI=1S/C20H19N3O3/c1-25-13-8-9-14(16(10-13)26-2)15-11-17(24)21-20-18(15)19(22-23-20)12-6-4-3-5-7-12/h3-10,15H,11H2,1-2H3,(H2,21,22,23,24). The molecule has 2 heterocycles. The molecule has 1 aliphatic rings. The zero-order chi connectivity index (χ0) is 18.1. The number of nitrogens with one attached hydrogen (secondary N) is 2. The summed E-state index contributed by atoms with van der Waals surface area (Å²) in [4.78, 5) is 12.2. The first-order chi connectivity index (χ1) is 12.7. The molecule has 0 bridgehead atoms. The maximum Gasteiger partial charge on any atom is 0.226 e. The number of rotatable bonds is 4. The van der Waals surface area contributed by atoms with Crippen LogP contribution in [0.2, 0.25) is 0 Å².